The third kappa shape index (κ3) is 3.15. The quantitative estimate of drug-likeness (QED) is 0.881. The highest BCUT2D eigenvalue weighted by atomic mass is 35.5. The molecule has 1 aromatic heterocycles. The van der Waals surface area contributed by atoms with Crippen molar-refractivity contribution in [1.82, 2.24) is 14.9 Å². The topological polar surface area (TPSA) is 42.7 Å². The number of nitrogens with zero attached hydrogens (tertiary/aromatic N) is 3. The summed E-state index contributed by atoms with van der Waals surface area (Å²) in [6.07, 6.45) is 3.55. The summed E-state index contributed by atoms with van der Waals surface area (Å²) in [6.45, 7) is 0. The molecule has 0 aliphatic rings. The van der Waals surface area contributed by atoms with Crippen molar-refractivity contribution < 1.29 is 0 Å². The van der Waals surface area contributed by atoms with Crippen molar-refractivity contribution in [2.75, 3.05) is 5.43 Å². The molecule has 0 aliphatic heterocycles. The van der Waals surface area contributed by atoms with Crippen LogP contribution in [0.25, 0.3) is 0 Å². The minimum atomic E-state index is 0.507. The molecule has 0 aliphatic carbocycles. The second-order valence-corrected chi connectivity index (χ2v) is 4.57. The molecule has 0 bridgehead atoms. The Bertz CT molecular complexity index is 527. The Kier molecular flexibility index (Phi) is 3.93. The van der Waals surface area contributed by atoms with Crippen LogP contribution in [0.15, 0.2) is 30.9 Å². The molecule has 0 unspecified atom stereocenters. The van der Waals surface area contributed by atoms with Crippen molar-refractivity contribution in [3.05, 3.63) is 46.5 Å². The fourth-order valence-electron chi connectivity index (χ4n) is 1.30. The van der Waals surface area contributed by atoms with E-state index in [-0.39, 0.29) is 0 Å². The van der Waals surface area contributed by atoms with Crippen molar-refractivity contribution in [3.8, 4) is 0 Å². The van der Waals surface area contributed by atoms with Gasteiger partial charge in [-0.1, -0.05) is 47.6 Å². The molecule has 4 nitrogen and oxygen atoms in total. The molecule has 2 aromatic rings. The molecule has 0 atom stereocenters. The van der Waals surface area contributed by atoms with Gasteiger partial charge in [0.25, 0.3) is 0 Å². The first-order valence-electron chi connectivity index (χ1n) is 4.74. The van der Waals surface area contributed by atoms with E-state index in [0.29, 0.717) is 21.5 Å². The Morgan fingerprint density at radius 3 is 2.71 bits per heavy atom. The summed E-state index contributed by atoms with van der Waals surface area (Å²) in [7, 11) is 0. The second kappa shape index (κ2) is 5.44. The van der Waals surface area contributed by atoms with Crippen LogP contribution in [0.5, 0.6) is 0 Å². The highest BCUT2D eigenvalue weighted by molar-refractivity contribution is 7.80. The maximum atomic E-state index is 6.07. The van der Waals surface area contributed by atoms with E-state index < -0.39 is 0 Å². The van der Waals surface area contributed by atoms with E-state index in [0.717, 1.165) is 5.56 Å². The zero-order valence-corrected chi connectivity index (χ0v) is 10.9. The van der Waals surface area contributed by atoms with Crippen molar-refractivity contribution in [2.45, 2.75) is 6.42 Å². The van der Waals surface area contributed by atoms with E-state index in [9.17, 15) is 0 Å². The zero-order chi connectivity index (χ0) is 12.3. The summed E-state index contributed by atoms with van der Waals surface area (Å²) in [5.41, 5.74) is 3.82. The normalized spacial score (nSPS) is 10.2. The third-order valence-corrected chi connectivity index (χ3v) is 3.15. The zero-order valence-electron chi connectivity index (χ0n) is 8.60. The van der Waals surface area contributed by atoms with Gasteiger partial charge in [-0.05, 0) is 11.6 Å². The Morgan fingerprint density at radius 1 is 1.29 bits per heavy atom. The molecule has 0 saturated heterocycles. The van der Waals surface area contributed by atoms with Gasteiger partial charge in [0, 0.05) is 6.42 Å². The first-order chi connectivity index (χ1) is 8.16. The predicted octanol–water partition coefficient (Wildman–Crippen LogP) is 2.70. The van der Waals surface area contributed by atoms with Crippen LogP contribution in [-0.2, 0) is 6.42 Å². The van der Waals surface area contributed by atoms with Crippen molar-refractivity contribution in [2.24, 2.45) is 0 Å². The summed E-state index contributed by atoms with van der Waals surface area (Å²) in [6, 6.07) is 5.46. The summed E-state index contributed by atoms with van der Waals surface area (Å²) in [5.74, 6) is 0. The van der Waals surface area contributed by atoms with E-state index >= 15 is 0 Å². The molecule has 1 heterocycles. The third-order valence-electron chi connectivity index (χ3n) is 2.06. The maximum Gasteiger partial charge on any atom is 0.139 e. The second-order valence-electron chi connectivity index (χ2n) is 3.29. The van der Waals surface area contributed by atoms with E-state index in [1.165, 1.54) is 12.7 Å². The lowest BCUT2D eigenvalue weighted by atomic mass is 10.1. The molecule has 1 N–H and O–H groups in total. The largest absolute Gasteiger partial charge is 0.285 e. The minimum absolute atomic E-state index is 0.507. The van der Waals surface area contributed by atoms with Gasteiger partial charge in [0.05, 0.1) is 15.0 Å². The van der Waals surface area contributed by atoms with Gasteiger partial charge in [-0.3, -0.25) is 5.43 Å². The minimum Gasteiger partial charge on any atom is -0.285 e. The van der Waals surface area contributed by atoms with Crippen LogP contribution in [0.2, 0.25) is 10.0 Å². The molecule has 0 radical (unpaired) electrons. The average molecular weight is 287 g/mol. The molecule has 0 fully saturated rings. The number of hydrogen-bond acceptors (Lipinski definition) is 3. The molecular weight excluding hydrogens is 279 g/mol. The van der Waals surface area contributed by atoms with Gasteiger partial charge in [0.2, 0.25) is 0 Å². The molecule has 0 amide bonds. The monoisotopic (exact) mass is 286 g/mol. The van der Waals surface area contributed by atoms with Gasteiger partial charge in [-0.15, -0.1) is 10.2 Å². The Labute approximate surface area is 114 Å². The predicted molar refractivity (Wildman–Crippen MR) is 72.1 cm³/mol. The maximum absolute atomic E-state index is 6.07. The molecule has 0 saturated carbocycles. The van der Waals surface area contributed by atoms with Crippen LogP contribution >= 0.6 is 35.4 Å². The lowest BCUT2D eigenvalue weighted by Gasteiger charge is -2.09. The van der Waals surface area contributed by atoms with Gasteiger partial charge < -0.3 is 0 Å². The first kappa shape index (κ1) is 12.3. The standard InChI is InChI=1S/C10H8Cl2N4S/c11-8-3-1-2-7(10(8)12)4-9(17)15-16-5-13-14-6-16/h1-3,5-6H,4H2,(H,15,17). The molecular formula is C10H8Cl2N4S. The summed E-state index contributed by atoms with van der Waals surface area (Å²) in [4.78, 5) is 0.606. The number of thiocarbonyl (C=S) groups is 1. The average Bonchev–Trinajstić information content (AvgIpc) is 2.77. The number of rotatable bonds is 3. The summed E-state index contributed by atoms with van der Waals surface area (Å²) >= 11 is 17.2. The number of aromatic nitrogens is 3. The van der Waals surface area contributed by atoms with Gasteiger partial charge in [-0.25, -0.2) is 4.68 Å². The van der Waals surface area contributed by atoms with Crippen LogP contribution in [0.4, 0.5) is 0 Å². The van der Waals surface area contributed by atoms with Gasteiger partial charge in [-0.2, -0.15) is 0 Å². The SMILES string of the molecule is S=C(Cc1cccc(Cl)c1Cl)Nn1cnnc1. The highest BCUT2D eigenvalue weighted by Gasteiger charge is 2.07. The van der Waals surface area contributed by atoms with Gasteiger partial charge in [0.15, 0.2) is 0 Å². The molecule has 17 heavy (non-hydrogen) atoms. The van der Waals surface area contributed by atoms with Crippen LogP contribution in [-0.4, -0.2) is 19.9 Å². The lowest BCUT2D eigenvalue weighted by Crippen LogP contribution is -2.21. The highest BCUT2D eigenvalue weighted by Crippen LogP contribution is 2.25. The van der Waals surface area contributed by atoms with E-state index in [2.05, 4.69) is 15.6 Å². The van der Waals surface area contributed by atoms with Crippen molar-refractivity contribution >= 4 is 40.4 Å². The van der Waals surface area contributed by atoms with Crippen molar-refractivity contribution in [1.29, 1.82) is 0 Å². The fourth-order valence-corrected chi connectivity index (χ4v) is 1.95. The van der Waals surface area contributed by atoms with Crippen LogP contribution in [0.1, 0.15) is 5.56 Å². The van der Waals surface area contributed by atoms with Gasteiger partial charge >= 0.3 is 0 Å². The van der Waals surface area contributed by atoms with E-state index in [1.54, 1.807) is 10.7 Å². The number of halogens is 2. The van der Waals surface area contributed by atoms with E-state index in [4.69, 9.17) is 35.4 Å². The lowest BCUT2D eigenvalue weighted by molar-refractivity contribution is 0.966. The molecule has 1 aromatic carbocycles. The van der Waals surface area contributed by atoms with Crippen LogP contribution in [0.3, 0.4) is 0 Å². The Morgan fingerprint density at radius 2 is 2.00 bits per heavy atom. The molecule has 0 spiro atoms. The van der Waals surface area contributed by atoms with E-state index in [1.807, 2.05) is 12.1 Å². The van der Waals surface area contributed by atoms with Crippen LogP contribution in [0, 0.1) is 0 Å². The number of benzene rings is 1. The molecule has 88 valence electrons. The number of hydrogen-bond donors (Lipinski definition) is 1. The summed E-state index contributed by atoms with van der Waals surface area (Å²) < 4.78 is 1.57. The molecule has 7 heteroatoms. The Hall–Kier alpha value is -1.17. The molecule has 2 rings (SSSR count). The first-order valence-corrected chi connectivity index (χ1v) is 5.90. The summed E-state index contributed by atoms with van der Waals surface area (Å²) in [5, 5.41) is 8.37. The number of nitrogens with one attached hydrogen (secondary N) is 1. The Balaban J connectivity index is 2.06. The van der Waals surface area contributed by atoms with Crippen LogP contribution < -0.4 is 5.43 Å². The smallest absolute Gasteiger partial charge is 0.139 e. The van der Waals surface area contributed by atoms with Gasteiger partial charge in [0.1, 0.15) is 12.7 Å². The fraction of sp³-hybridized carbons (Fsp3) is 0.100. The van der Waals surface area contributed by atoms with Crippen molar-refractivity contribution in [3.63, 3.8) is 0 Å².